The number of nitrogens with zero attached hydrogens (tertiary/aromatic N) is 1. The van der Waals surface area contributed by atoms with Crippen LogP contribution in [0.2, 0.25) is 0 Å². The van der Waals surface area contributed by atoms with E-state index < -0.39 is 0 Å². The summed E-state index contributed by atoms with van der Waals surface area (Å²) in [6, 6.07) is 12.3. The molecule has 1 aromatic carbocycles. The summed E-state index contributed by atoms with van der Waals surface area (Å²) in [5.74, 6) is 2.61. The van der Waals surface area contributed by atoms with Gasteiger partial charge in [-0.15, -0.1) is 0 Å². The minimum Gasteiger partial charge on any atom is -0.309 e. The van der Waals surface area contributed by atoms with Gasteiger partial charge in [0.05, 0.1) is 0 Å². The molecular weight excluding hydrogens is 276 g/mol. The number of hydrogen-bond donors (Lipinski definition) is 1. The molecular formula is C18H28N2S. The molecule has 0 radical (unpaired) electrons. The van der Waals surface area contributed by atoms with Gasteiger partial charge in [0, 0.05) is 37.5 Å². The predicted molar refractivity (Wildman–Crippen MR) is 92.8 cm³/mol. The first kappa shape index (κ1) is 15.4. The Balaban J connectivity index is 1.46. The van der Waals surface area contributed by atoms with Crippen molar-refractivity contribution in [2.75, 3.05) is 24.6 Å². The Morgan fingerprint density at radius 3 is 2.81 bits per heavy atom. The molecule has 2 atom stereocenters. The summed E-state index contributed by atoms with van der Waals surface area (Å²) in [4.78, 5) is 2.59. The van der Waals surface area contributed by atoms with Crippen molar-refractivity contribution in [3.63, 3.8) is 0 Å². The van der Waals surface area contributed by atoms with Crippen molar-refractivity contribution >= 4 is 11.8 Å². The van der Waals surface area contributed by atoms with Gasteiger partial charge in [0.15, 0.2) is 0 Å². The van der Waals surface area contributed by atoms with Gasteiger partial charge in [0.2, 0.25) is 0 Å². The molecule has 1 N–H and O–H groups in total. The summed E-state index contributed by atoms with van der Waals surface area (Å²) in [6.45, 7) is 8.35. The van der Waals surface area contributed by atoms with E-state index >= 15 is 0 Å². The first-order chi connectivity index (χ1) is 10.1. The average molecular weight is 305 g/mol. The van der Waals surface area contributed by atoms with Crippen LogP contribution in [0.15, 0.2) is 30.3 Å². The van der Waals surface area contributed by atoms with Crippen molar-refractivity contribution in [3.8, 4) is 0 Å². The van der Waals surface area contributed by atoms with Crippen LogP contribution in [0, 0.1) is 5.41 Å². The number of benzene rings is 1. The fourth-order valence-electron chi connectivity index (χ4n) is 3.66. The number of hydrogen-bond acceptors (Lipinski definition) is 3. The Bertz CT molecular complexity index is 446. The highest BCUT2D eigenvalue weighted by atomic mass is 32.2. The van der Waals surface area contributed by atoms with Gasteiger partial charge in [-0.3, -0.25) is 4.90 Å². The first-order valence-electron chi connectivity index (χ1n) is 8.21. The second-order valence-corrected chi connectivity index (χ2v) is 8.48. The zero-order valence-electron chi connectivity index (χ0n) is 13.3. The van der Waals surface area contributed by atoms with Gasteiger partial charge in [-0.05, 0) is 29.6 Å². The molecule has 3 rings (SSSR count). The highest BCUT2D eigenvalue weighted by Crippen LogP contribution is 2.33. The molecule has 116 valence electrons. The van der Waals surface area contributed by atoms with Crippen LogP contribution in [0.1, 0.15) is 32.3 Å². The molecule has 0 amide bonds. The van der Waals surface area contributed by atoms with Gasteiger partial charge in [-0.25, -0.2) is 0 Å². The Morgan fingerprint density at radius 2 is 2.05 bits per heavy atom. The van der Waals surface area contributed by atoms with E-state index in [1.54, 1.807) is 0 Å². The number of likely N-dealkylation sites (tertiary alicyclic amines) is 1. The third-order valence-corrected chi connectivity index (χ3v) is 6.23. The van der Waals surface area contributed by atoms with E-state index in [0.29, 0.717) is 17.5 Å². The van der Waals surface area contributed by atoms with Crippen LogP contribution in [0.3, 0.4) is 0 Å². The molecule has 2 heterocycles. The van der Waals surface area contributed by atoms with E-state index in [9.17, 15) is 0 Å². The molecule has 2 saturated heterocycles. The van der Waals surface area contributed by atoms with E-state index in [2.05, 4.69) is 66.2 Å². The highest BCUT2D eigenvalue weighted by molar-refractivity contribution is 7.99. The lowest BCUT2D eigenvalue weighted by Crippen LogP contribution is -2.46. The quantitative estimate of drug-likeness (QED) is 0.918. The molecule has 0 aromatic heterocycles. The topological polar surface area (TPSA) is 15.3 Å². The average Bonchev–Trinajstić information content (AvgIpc) is 2.86. The van der Waals surface area contributed by atoms with Gasteiger partial charge < -0.3 is 5.32 Å². The maximum atomic E-state index is 3.93. The van der Waals surface area contributed by atoms with Crippen molar-refractivity contribution in [2.45, 2.75) is 45.3 Å². The monoisotopic (exact) mass is 304 g/mol. The molecule has 2 fully saturated rings. The molecule has 0 aliphatic carbocycles. The Hall–Kier alpha value is -0.510. The SMILES string of the molecule is CC1(C)CSCC(NC2CCN(Cc3ccccc3)C2)C1. The van der Waals surface area contributed by atoms with Crippen molar-refractivity contribution in [3.05, 3.63) is 35.9 Å². The Kier molecular flexibility index (Phi) is 4.92. The summed E-state index contributed by atoms with van der Waals surface area (Å²) >= 11 is 2.12. The maximum absolute atomic E-state index is 3.93. The molecule has 0 saturated carbocycles. The van der Waals surface area contributed by atoms with Crippen LogP contribution in [-0.2, 0) is 6.54 Å². The maximum Gasteiger partial charge on any atom is 0.0234 e. The van der Waals surface area contributed by atoms with Gasteiger partial charge in [-0.1, -0.05) is 44.2 Å². The predicted octanol–water partition coefficient (Wildman–Crippen LogP) is 3.38. The zero-order valence-corrected chi connectivity index (χ0v) is 14.2. The number of rotatable bonds is 4. The van der Waals surface area contributed by atoms with E-state index in [1.165, 1.54) is 43.0 Å². The van der Waals surface area contributed by atoms with Crippen LogP contribution in [-0.4, -0.2) is 41.6 Å². The van der Waals surface area contributed by atoms with Crippen LogP contribution in [0.5, 0.6) is 0 Å². The molecule has 0 bridgehead atoms. The van der Waals surface area contributed by atoms with Gasteiger partial charge in [0.1, 0.15) is 0 Å². The molecule has 21 heavy (non-hydrogen) atoms. The van der Waals surface area contributed by atoms with Gasteiger partial charge >= 0.3 is 0 Å². The van der Waals surface area contributed by atoms with Crippen LogP contribution >= 0.6 is 11.8 Å². The van der Waals surface area contributed by atoms with Crippen LogP contribution < -0.4 is 5.32 Å². The zero-order chi connectivity index (χ0) is 14.7. The summed E-state index contributed by atoms with van der Waals surface area (Å²) in [6.07, 6.45) is 2.63. The largest absolute Gasteiger partial charge is 0.309 e. The van der Waals surface area contributed by atoms with E-state index in [-0.39, 0.29) is 0 Å². The third-order valence-electron chi connectivity index (χ3n) is 4.60. The minimum absolute atomic E-state index is 0.503. The lowest BCUT2D eigenvalue weighted by molar-refractivity contribution is 0.285. The van der Waals surface area contributed by atoms with Crippen LogP contribution in [0.25, 0.3) is 0 Å². The highest BCUT2D eigenvalue weighted by Gasteiger charge is 2.31. The Morgan fingerprint density at radius 1 is 1.24 bits per heavy atom. The molecule has 1 aromatic rings. The second kappa shape index (κ2) is 6.72. The first-order valence-corrected chi connectivity index (χ1v) is 9.36. The number of nitrogens with one attached hydrogen (secondary N) is 1. The van der Waals surface area contributed by atoms with Gasteiger partial charge in [-0.2, -0.15) is 11.8 Å². The smallest absolute Gasteiger partial charge is 0.0234 e. The lowest BCUT2D eigenvalue weighted by atomic mass is 9.87. The van der Waals surface area contributed by atoms with Crippen molar-refractivity contribution in [2.24, 2.45) is 5.41 Å². The minimum atomic E-state index is 0.503. The van der Waals surface area contributed by atoms with Crippen molar-refractivity contribution in [1.29, 1.82) is 0 Å². The van der Waals surface area contributed by atoms with Crippen molar-refractivity contribution in [1.82, 2.24) is 10.2 Å². The number of thioether (sulfide) groups is 1. The van der Waals surface area contributed by atoms with Gasteiger partial charge in [0.25, 0.3) is 0 Å². The summed E-state index contributed by atoms with van der Waals surface area (Å²) < 4.78 is 0. The molecule has 0 spiro atoms. The normalized spacial score (nSPS) is 29.6. The molecule has 2 nitrogen and oxygen atoms in total. The molecule has 2 aliphatic heterocycles. The van der Waals surface area contributed by atoms with E-state index in [1.807, 2.05) is 0 Å². The summed E-state index contributed by atoms with van der Waals surface area (Å²) in [5.41, 5.74) is 1.94. The van der Waals surface area contributed by atoms with Crippen LogP contribution in [0.4, 0.5) is 0 Å². The summed E-state index contributed by atoms with van der Waals surface area (Å²) in [5, 5.41) is 3.93. The van der Waals surface area contributed by atoms with E-state index in [4.69, 9.17) is 0 Å². The standard InChI is InChI=1S/C18H28N2S/c1-18(2)10-17(13-21-14-18)19-16-8-9-20(12-16)11-15-6-4-3-5-7-15/h3-7,16-17,19H,8-14H2,1-2H3. The van der Waals surface area contributed by atoms with E-state index in [0.717, 1.165) is 6.54 Å². The fourth-order valence-corrected chi connectivity index (χ4v) is 4.94. The molecule has 2 unspecified atom stereocenters. The molecule has 2 aliphatic rings. The third kappa shape index (κ3) is 4.48. The Labute approximate surface area is 133 Å². The molecule has 3 heteroatoms. The second-order valence-electron chi connectivity index (χ2n) is 7.45. The summed E-state index contributed by atoms with van der Waals surface area (Å²) in [7, 11) is 0. The van der Waals surface area contributed by atoms with Crippen molar-refractivity contribution < 1.29 is 0 Å². The lowest BCUT2D eigenvalue weighted by Gasteiger charge is -2.36. The fraction of sp³-hybridized carbons (Fsp3) is 0.667.